The Bertz CT molecular complexity index is 608. The third-order valence-corrected chi connectivity index (χ3v) is 4.74. The van der Waals surface area contributed by atoms with Crippen molar-refractivity contribution in [2.45, 2.75) is 37.6 Å². The second kappa shape index (κ2) is 5.37. The highest BCUT2D eigenvalue weighted by Crippen LogP contribution is 2.38. The van der Waals surface area contributed by atoms with Gasteiger partial charge in [-0.25, -0.2) is 0 Å². The standard InChI is InChI=1S/C17H19F3N2O/c1-16(2,12-6-4-3-5-7-12)22-13-8-9-14(22)11-21(10-13)15(23)17(18,19)20/h3-9,13-14H,10-11H2,1-2H3. The Morgan fingerprint density at radius 3 is 2.04 bits per heavy atom. The third kappa shape index (κ3) is 2.76. The number of hydrogen-bond acceptors (Lipinski definition) is 2. The highest BCUT2D eigenvalue weighted by Gasteiger charge is 2.50. The number of hydrogen-bond donors (Lipinski definition) is 0. The van der Waals surface area contributed by atoms with Crippen molar-refractivity contribution in [3.05, 3.63) is 48.0 Å². The van der Waals surface area contributed by atoms with E-state index in [2.05, 4.69) is 18.7 Å². The molecular formula is C17H19F3N2O. The fourth-order valence-electron chi connectivity index (χ4n) is 3.68. The topological polar surface area (TPSA) is 23.6 Å². The van der Waals surface area contributed by atoms with E-state index in [1.54, 1.807) is 0 Å². The van der Waals surface area contributed by atoms with Gasteiger partial charge in [-0.2, -0.15) is 13.2 Å². The molecule has 0 radical (unpaired) electrons. The minimum Gasteiger partial charge on any atom is -0.331 e. The van der Waals surface area contributed by atoms with Gasteiger partial charge in [-0.1, -0.05) is 42.5 Å². The molecule has 1 amide bonds. The zero-order chi connectivity index (χ0) is 16.8. The second-order valence-electron chi connectivity index (χ2n) is 6.56. The van der Waals surface area contributed by atoms with Gasteiger partial charge in [-0.15, -0.1) is 0 Å². The summed E-state index contributed by atoms with van der Waals surface area (Å²) in [7, 11) is 0. The second-order valence-corrected chi connectivity index (χ2v) is 6.56. The molecular weight excluding hydrogens is 305 g/mol. The van der Waals surface area contributed by atoms with Crippen molar-refractivity contribution in [3.8, 4) is 0 Å². The Morgan fingerprint density at radius 1 is 1.04 bits per heavy atom. The minimum atomic E-state index is -4.81. The molecule has 0 saturated carbocycles. The summed E-state index contributed by atoms with van der Waals surface area (Å²) in [6, 6.07) is 9.49. The van der Waals surface area contributed by atoms with Crippen LogP contribution < -0.4 is 0 Å². The van der Waals surface area contributed by atoms with Crippen molar-refractivity contribution in [2.24, 2.45) is 0 Å². The molecule has 1 fully saturated rings. The van der Waals surface area contributed by atoms with Crippen LogP contribution in [0.5, 0.6) is 0 Å². The maximum absolute atomic E-state index is 12.7. The summed E-state index contributed by atoms with van der Waals surface area (Å²) >= 11 is 0. The molecule has 6 heteroatoms. The van der Waals surface area contributed by atoms with Gasteiger partial charge in [0.05, 0.1) is 0 Å². The molecule has 3 rings (SSSR count). The maximum Gasteiger partial charge on any atom is 0.471 e. The van der Waals surface area contributed by atoms with Crippen LogP contribution in [0, 0.1) is 0 Å². The minimum absolute atomic E-state index is 0.0710. The molecule has 2 atom stereocenters. The van der Waals surface area contributed by atoms with Crippen LogP contribution in [0.3, 0.4) is 0 Å². The molecule has 124 valence electrons. The number of piperazine rings is 1. The molecule has 1 saturated heterocycles. The molecule has 2 aliphatic heterocycles. The van der Waals surface area contributed by atoms with Crippen LogP contribution in [0.4, 0.5) is 13.2 Å². The predicted octanol–water partition coefficient (Wildman–Crippen LogP) is 2.94. The predicted molar refractivity (Wildman–Crippen MR) is 80.7 cm³/mol. The fourth-order valence-corrected chi connectivity index (χ4v) is 3.68. The van der Waals surface area contributed by atoms with E-state index in [1.807, 2.05) is 42.5 Å². The molecule has 3 nitrogen and oxygen atoms in total. The average Bonchev–Trinajstić information content (AvgIpc) is 2.78. The molecule has 1 aromatic carbocycles. The Hall–Kier alpha value is -1.82. The highest BCUT2D eigenvalue weighted by molar-refractivity contribution is 5.82. The molecule has 2 unspecified atom stereocenters. The maximum atomic E-state index is 12.7. The van der Waals surface area contributed by atoms with E-state index in [-0.39, 0.29) is 30.7 Å². The number of amides is 1. The van der Waals surface area contributed by atoms with Crippen LogP contribution in [-0.2, 0) is 10.3 Å². The monoisotopic (exact) mass is 324 g/mol. The van der Waals surface area contributed by atoms with Gasteiger partial charge in [-0.3, -0.25) is 9.69 Å². The van der Waals surface area contributed by atoms with E-state index >= 15 is 0 Å². The van der Waals surface area contributed by atoms with Crippen LogP contribution in [-0.4, -0.2) is 47.1 Å². The lowest BCUT2D eigenvalue weighted by Gasteiger charge is -2.49. The first kappa shape index (κ1) is 16.1. The molecule has 0 spiro atoms. The summed E-state index contributed by atoms with van der Waals surface area (Å²) in [5.41, 5.74) is 0.780. The summed E-state index contributed by atoms with van der Waals surface area (Å²) in [4.78, 5) is 14.6. The summed E-state index contributed by atoms with van der Waals surface area (Å²) in [6.07, 6.45) is -0.978. The van der Waals surface area contributed by atoms with Gasteiger partial charge in [-0.05, 0) is 19.4 Å². The van der Waals surface area contributed by atoms with Crippen LogP contribution in [0.2, 0.25) is 0 Å². The van der Waals surface area contributed by atoms with Gasteiger partial charge >= 0.3 is 12.1 Å². The molecule has 23 heavy (non-hydrogen) atoms. The molecule has 2 aliphatic rings. The normalized spacial score (nSPS) is 25.0. The van der Waals surface area contributed by atoms with Crippen molar-refractivity contribution in [3.63, 3.8) is 0 Å². The summed E-state index contributed by atoms with van der Waals surface area (Å²) in [5, 5.41) is 0. The average molecular weight is 324 g/mol. The van der Waals surface area contributed by atoms with Gasteiger partial charge in [0.1, 0.15) is 0 Å². The van der Waals surface area contributed by atoms with E-state index in [4.69, 9.17) is 0 Å². The number of carbonyl (C=O) groups is 1. The van der Waals surface area contributed by atoms with Crippen LogP contribution in [0.25, 0.3) is 0 Å². The number of nitrogens with zero attached hydrogens (tertiary/aromatic N) is 2. The first-order valence-electron chi connectivity index (χ1n) is 7.59. The van der Waals surface area contributed by atoms with Crippen molar-refractivity contribution in [1.82, 2.24) is 9.80 Å². The number of benzene rings is 1. The summed E-state index contributed by atoms with van der Waals surface area (Å²) in [6.45, 7) is 4.27. The van der Waals surface area contributed by atoms with Crippen LogP contribution >= 0.6 is 0 Å². The Morgan fingerprint density at radius 2 is 1.57 bits per heavy atom. The lowest BCUT2D eigenvalue weighted by Crippen LogP contribution is -2.62. The van der Waals surface area contributed by atoms with E-state index in [0.29, 0.717) is 0 Å². The first-order chi connectivity index (χ1) is 10.7. The van der Waals surface area contributed by atoms with Crippen LogP contribution in [0.1, 0.15) is 19.4 Å². The van der Waals surface area contributed by atoms with E-state index in [0.717, 1.165) is 10.5 Å². The summed E-state index contributed by atoms with van der Waals surface area (Å²) < 4.78 is 38.0. The molecule has 2 heterocycles. The molecule has 2 bridgehead atoms. The van der Waals surface area contributed by atoms with Crippen molar-refractivity contribution >= 4 is 5.91 Å². The molecule has 0 aliphatic carbocycles. The first-order valence-corrected chi connectivity index (χ1v) is 7.59. The van der Waals surface area contributed by atoms with Crippen molar-refractivity contribution in [2.75, 3.05) is 13.1 Å². The van der Waals surface area contributed by atoms with E-state index < -0.39 is 12.1 Å². The Kier molecular flexibility index (Phi) is 3.75. The van der Waals surface area contributed by atoms with Crippen molar-refractivity contribution < 1.29 is 18.0 Å². The summed E-state index contributed by atoms with van der Waals surface area (Å²) in [5.74, 6) is -1.74. The lowest BCUT2D eigenvalue weighted by molar-refractivity contribution is -0.189. The number of halogens is 3. The Labute approximate surface area is 133 Å². The van der Waals surface area contributed by atoms with Gasteiger partial charge < -0.3 is 4.90 Å². The van der Waals surface area contributed by atoms with E-state index in [1.165, 1.54) is 0 Å². The number of carbonyl (C=O) groups excluding carboxylic acids is 1. The quantitative estimate of drug-likeness (QED) is 0.781. The van der Waals surface area contributed by atoms with Gasteiger partial charge in [0.25, 0.3) is 0 Å². The number of alkyl halides is 3. The SMILES string of the molecule is CC(C)(c1ccccc1)N1C2C=CC1CN(C(=O)C(F)(F)F)C2. The van der Waals surface area contributed by atoms with Gasteiger partial charge in [0.2, 0.25) is 0 Å². The largest absolute Gasteiger partial charge is 0.471 e. The third-order valence-electron chi connectivity index (χ3n) is 4.74. The fraction of sp³-hybridized carbons (Fsp3) is 0.471. The van der Waals surface area contributed by atoms with Gasteiger partial charge in [0, 0.05) is 30.7 Å². The Balaban J connectivity index is 1.83. The van der Waals surface area contributed by atoms with E-state index in [9.17, 15) is 18.0 Å². The lowest BCUT2D eigenvalue weighted by atomic mass is 9.89. The van der Waals surface area contributed by atoms with Gasteiger partial charge in [0.15, 0.2) is 0 Å². The molecule has 0 N–H and O–H groups in total. The van der Waals surface area contributed by atoms with Crippen LogP contribution in [0.15, 0.2) is 42.5 Å². The highest BCUT2D eigenvalue weighted by atomic mass is 19.4. The zero-order valence-corrected chi connectivity index (χ0v) is 13.0. The molecule has 1 aromatic rings. The smallest absolute Gasteiger partial charge is 0.331 e. The molecule has 0 aromatic heterocycles. The number of fused-ring (bicyclic) bond motifs is 2. The zero-order valence-electron chi connectivity index (χ0n) is 13.0. The number of rotatable bonds is 2. The van der Waals surface area contributed by atoms with Crippen molar-refractivity contribution in [1.29, 1.82) is 0 Å².